The van der Waals surface area contributed by atoms with Crippen molar-refractivity contribution in [2.45, 2.75) is 32.9 Å². The minimum absolute atomic E-state index is 0.0704. The summed E-state index contributed by atoms with van der Waals surface area (Å²) in [4.78, 5) is 24.7. The molecule has 6 heteroatoms. The van der Waals surface area contributed by atoms with Crippen LogP contribution in [0.4, 0.5) is 4.79 Å². The van der Waals surface area contributed by atoms with Crippen molar-refractivity contribution < 1.29 is 19.4 Å². The number of alkyl carbamates (subject to hydrolysis) is 1. The first kappa shape index (κ1) is 13.1. The molecule has 94 valence electrons. The van der Waals surface area contributed by atoms with Gasteiger partial charge in [-0.3, -0.25) is 0 Å². The first-order valence-corrected chi connectivity index (χ1v) is 5.16. The predicted octanol–water partition coefficient (Wildman–Crippen LogP) is 1.74. The molecule has 0 spiro atoms. The molecular weight excluding hydrogens is 224 g/mol. The number of carbonyl (C=O) groups excluding carboxylic acids is 1. The highest BCUT2D eigenvalue weighted by Crippen LogP contribution is 2.09. The Bertz CT molecular complexity index is 417. The molecule has 0 saturated heterocycles. The van der Waals surface area contributed by atoms with Crippen molar-refractivity contribution in [2.75, 3.05) is 0 Å². The van der Waals surface area contributed by atoms with E-state index in [1.54, 1.807) is 26.8 Å². The van der Waals surface area contributed by atoms with E-state index in [1.165, 1.54) is 6.20 Å². The van der Waals surface area contributed by atoms with Gasteiger partial charge in [0, 0.05) is 18.3 Å². The van der Waals surface area contributed by atoms with Crippen LogP contribution in [0.25, 0.3) is 0 Å². The molecule has 1 rings (SSSR count). The molecule has 3 N–H and O–H groups in total. The summed E-state index contributed by atoms with van der Waals surface area (Å²) in [7, 11) is 0. The van der Waals surface area contributed by atoms with Gasteiger partial charge < -0.3 is 20.1 Å². The zero-order valence-electron chi connectivity index (χ0n) is 10.0. The molecular formula is C11H16N2O4. The van der Waals surface area contributed by atoms with E-state index in [0.717, 1.165) is 0 Å². The van der Waals surface area contributed by atoms with E-state index in [0.29, 0.717) is 5.56 Å². The Balaban J connectivity index is 2.53. The Morgan fingerprint density at radius 1 is 1.47 bits per heavy atom. The number of carboxylic acids is 1. The lowest BCUT2D eigenvalue weighted by Crippen LogP contribution is -2.32. The number of hydrogen-bond donors (Lipinski definition) is 3. The molecule has 0 unspecified atom stereocenters. The second kappa shape index (κ2) is 4.90. The third-order valence-corrected chi connectivity index (χ3v) is 1.87. The summed E-state index contributed by atoms with van der Waals surface area (Å²) in [5.41, 5.74) is 0.00197. The monoisotopic (exact) mass is 240 g/mol. The zero-order chi connectivity index (χ0) is 13.1. The fraction of sp³-hybridized carbons (Fsp3) is 0.455. The van der Waals surface area contributed by atoms with Gasteiger partial charge in [-0.25, -0.2) is 9.59 Å². The Morgan fingerprint density at radius 3 is 2.65 bits per heavy atom. The van der Waals surface area contributed by atoms with E-state index >= 15 is 0 Å². The number of aromatic carboxylic acids is 1. The van der Waals surface area contributed by atoms with Gasteiger partial charge in [0.15, 0.2) is 0 Å². The summed E-state index contributed by atoms with van der Waals surface area (Å²) in [6.07, 6.45) is 0.935. The maximum Gasteiger partial charge on any atom is 0.407 e. The molecule has 0 aromatic carbocycles. The normalized spacial score (nSPS) is 11.0. The van der Waals surface area contributed by atoms with Crippen LogP contribution >= 0.6 is 0 Å². The molecule has 0 saturated carbocycles. The molecule has 0 aliphatic rings. The van der Waals surface area contributed by atoms with Crippen LogP contribution in [0.15, 0.2) is 12.3 Å². The molecule has 1 aromatic heterocycles. The number of H-pyrrole nitrogens is 1. The number of rotatable bonds is 3. The van der Waals surface area contributed by atoms with Crippen molar-refractivity contribution >= 4 is 12.1 Å². The fourth-order valence-electron chi connectivity index (χ4n) is 1.23. The molecule has 17 heavy (non-hydrogen) atoms. The van der Waals surface area contributed by atoms with E-state index in [-0.39, 0.29) is 12.2 Å². The summed E-state index contributed by atoms with van der Waals surface area (Å²) in [5, 5.41) is 11.3. The van der Waals surface area contributed by atoms with Crippen molar-refractivity contribution in [3.05, 3.63) is 23.5 Å². The summed E-state index contributed by atoms with van der Waals surface area (Å²) in [6.45, 7) is 5.38. The second-order valence-corrected chi connectivity index (χ2v) is 4.54. The van der Waals surface area contributed by atoms with Crippen LogP contribution in [0.2, 0.25) is 0 Å². The molecule has 0 aliphatic heterocycles. The van der Waals surface area contributed by atoms with Gasteiger partial charge in [-0.1, -0.05) is 0 Å². The molecule has 0 aliphatic carbocycles. The number of nitrogens with one attached hydrogen (secondary N) is 2. The standard InChI is InChI=1S/C11H16N2O4/c1-11(2,3)17-10(16)13-6-7-4-5-12-8(7)9(14)15/h4-5,12H,6H2,1-3H3,(H,13,16)(H,14,15). The lowest BCUT2D eigenvalue weighted by molar-refractivity contribution is 0.0520. The number of aromatic nitrogens is 1. The second-order valence-electron chi connectivity index (χ2n) is 4.54. The van der Waals surface area contributed by atoms with Gasteiger partial charge in [0.1, 0.15) is 11.3 Å². The van der Waals surface area contributed by atoms with E-state index in [9.17, 15) is 9.59 Å². The Morgan fingerprint density at radius 2 is 2.12 bits per heavy atom. The van der Waals surface area contributed by atoms with Crippen LogP contribution in [0.1, 0.15) is 36.8 Å². The largest absolute Gasteiger partial charge is 0.477 e. The summed E-state index contributed by atoms with van der Waals surface area (Å²) in [6, 6.07) is 1.60. The number of carboxylic acid groups (broad SMARTS) is 1. The predicted molar refractivity (Wildman–Crippen MR) is 60.8 cm³/mol. The highest BCUT2D eigenvalue weighted by Gasteiger charge is 2.17. The van der Waals surface area contributed by atoms with Crippen LogP contribution in [0, 0.1) is 0 Å². The van der Waals surface area contributed by atoms with E-state index in [4.69, 9.17) is 9.84 Å². The van der Waals surface area contributed by atoms with E-state index in [2.05, 4.69) is 10.3 Å². The number of carbonyl (C=O) groups is 2. The van der Waals surface area contributed by atoms with Gasteiger partial charge in [0.25, 0.3) is 0 Å². The number of aromatic amines is 1. The number of amides is 1. The first-order valence-electron chi connectivity index (χ1n) is 5.16. The Hall–Kier alpha value is -1.98. The topological polar surface area (TPSA) is 91.4 Å². The Kier molecular flexibility index (Phi) is 3.77. The van der Waals surface area contributed by atoms with Crippen LogP contribution in [-0.4, -0.2) is 27.8 Å². The minimum atomic E-state index is -1.06. The lowest BCUT2D eigenvalue weighted by atomic mass is 10.2. The highest BCUT2D eigenvalue weighted by molar-refractivity contribution is 5.87. The quantitative estimate of drug-likeness (QED) is 0.750. The van der Waals surface area contributed by atoms with Crippen molar-refractivity contribution in [2.24, 2.45) is 0 Å². The third-order valence-electron chi connectivity index (χ3n) is 1.87. The molecule has 0 bridgehead atoms. The van der Waals surface area contributed by atoms with Crippen LogP contribution in [0.3, 0.4) is 0 Å². The van der Waals surface area contributed by atoms with E-state index in [1.807, 2.05) is 0 Å². The SMILES string of the molecule is CC(C)(C)OC(=O)NCc1cc[nH]c1C(=O)O. The molecule has 0 fully saturated rings. The summed E-state index contributed by atoms with van der Waals surface area (Å²) in [5.74, 6) is -1.06. The van der Waals surface area contributed by atoms with E-state index < -0.39 is 17.7 Å². The summed E-state index contributed by atoms with van der Waals surface area (Å²) >= 11 is 0. The first-order chi connectivity index (χ1) is 7.79. The maximum atomic E-state index is 11.3. The fourth-order valence-corrected chi connectivity index (χ4v) is 1.23. The van der Waals surface area contributed by atoms with Crippen LogP contribution in [-0.2, 0) is 11.3 Å². The van der Waals surface area contributed by atoms with Crippen LogP contribution in [0.5, 0.6) is 0 Å². The van der Waals surface area contributed by atoms with Crippen molar-refractivity contribution in [3.8, 4) is 0 Å². The van der Waals surface area contributed by atoms with Gasteiger partial charge in [-0.05, 0) is 26.8 Å². The minimum Gasteiger partial charge on any atom is -0.477 e. The third kappa shape index (κ3) is 4.18. The van der Waals surface area contributed by atoms with Gasteiger partial charge in [0.2, 0.25) is 0 Å². The molecule has 1 aromatic rings. The molecule has 1 amide bonds. The Labute approximate surface area is 99.0 Å². The lowest BCUT2D eigenvalue weighted by Gasteiger charge is -2.19. The average molecular weight is 240 g/mol. The average Bonchev–Trinajstić information content (AvgIpc) is 2.59. The molecule has 1 heterocycles. The smallest absolute Gasteiger partial charge is 0.407 e. The van der Waals surface area contributed by atoms with Crippen molar-refractivity contribution in [3.63, 3.8) is 0 Å². The summed E-state index contributed by atoms with van der Waals surface area (Å²) < 4.78 is 5.03. The van der Waals surface area contributed by atoms with Gasteiger partial charge >= 0.3 is 12.1 Å². The van der Waals surface area contributed by atoms with Gasteiger partial charge in [-0.15, -0.1) is 0 Å². The van der Waals surface area contributed by atoms with Gasteiger partial charge in [-0.2, -0.15) is 0 Å². The zero-order valence-corrected chi connectivity index (χ0v) is 10.0. The van der Waals surface area contributed by atoms with Gasteiger partial charge in [0.05, 0.1) is 0 Å². The maximum absolute atomic E-state index is 11.3. The molecule has 0 radical (unpaired) electrons. The molecule has 0 atom stereocenters. The number of ether oxygens (including phenoxy) is 1. The van der Waals surface area contributed by atoms with Crippen molar-refractivity contribution in [1.29, 1.82) is 0 Å². The molecule has 6 nitrogen and oxygen atoms in total. The van der Waals surface area contributed by atoms with Crippen molar-refractivity contribution in [1.82, 2.24) is 10.3 Å². The highest BCUT2D eigenvalue weighted by atomic mass is 16.6. The van der Waals surface area contributed by atoms with Crippen LogP contribution < -0.4 is 5.32 Å². The number of hydrogen-bond acceptors (Lipinski definition) is 3.